The average molecular weight is 501 g/mol. The number of H-pyrrole nitrogens is 1. The summed E-state index contributed by atoms with van der Waals surface area (Å²) in [6, 6.07) is 7.54. The smallest absolute Gasteiger partial charge is 0.270 e. The van der Waals surface area contributed by atoms with Crippen molar-refractivity contribution in [2.45, 2.75) is 27.2 Å². The molecule has 0 bridgehead atoms. The Kier molecular flexibility index (Phi) is 9.53. The first-order chi connectivity index (χ1) is 16.7. The average Bonchev–Trinajstić information content (AvgIpc) is 3.46. The van der Waals surface area contributed by atoms with Crippen LogP contribution in [-0.2, 0) is 14.3 Å². The minimum atomic E-state index is -0.356. The van der Waals surface area contributed by atoms with E-state index in [1.54, 1.807) is 11.6 Å². The van der Waals surface area contributed by atoms with E-state index in [1.165, 1.54) is 0 Å². The van der Waals surface area contributed by atoms with E-state index in [4.69, 9.17) is 9.47 Å². The van der Waals surface area contributed by atoms with Gasteiger partial charge in [0.25, 0.3) is 5.91 Å². The van der Waals surface area contributed by atoms with Gasteiger partial charge in [-0.3, -0.25) is 14.4 Å². The molecule has 35 heavy (non-hydrogen) atoms. The number of ether oxygens (including phenoxy) is 2. The predicted octanol–water partition coefficient (Wildman–Crippen LogP) is 3.17. The molecule has 0 aliphatic heterocycles. The highest BCUT2D eigenvalue weighted by molar-refractivity contribution is 7.12. The van der Waals surface area contributed by atoms with Crippen LogP contribution in [0.5, 0.6) is 0 Å². The topological polar surface area (TPSA) is 122 Å². The molecule has 3 rings (SSSR count). The Morgan fingerprint density at radius 2 is 1.69 bits per heavy atom. The van der Waals surface area contributed by atoms with E-state index >= 15 is 0 Å². The van der Waals surface area contributed by atoms with E-state index in [0.29, 0.717) is 51.5 Å². The van der Waals surface area contributed by atoms with Crippen molar-refractivity contribution in [3.05, 3.63) is 52.1 Å². The van der Waals surface area contributed by atoms with Gasteiger partial charge in [-0.25, -0.2) is 4.98 Å². The predicted molar refractivity (Wildman–Crippen MR) is 135 cm³/mol. The number of hydrogen-bond donors (Lipinski definition) is 3. The second-order valence-electron chi connectivity index (χ2n) is 9.18. The summed E-state index contributed by atoms with van der Waals surface area (Å²) in [4.78, 5) is 44.1. The number of amides is 2. The van der Waals surface area contributed by atoms with E-state index in [9.17, 15) is 14.4 Å². The highest BCUT2D eigenvalue weighted by atomic mass is 32.1. The normalized spacial score (nSPS) is 11.5. The summed E-state index contributed by atoms with van der Waals surface area (Å²) in [5.41, 5.74) is 1.57. The van der Waals surface area contributed by atoms with Gasteiger partial charge in [-0.15, -0.1) is 11.3 Å². The molecule has 0 saturated heterocycles. The molecule has 0 radical (unpaired) electrons. The maximum Gasteiger partial charge on any atom is 0.270 e. The Morgan fingerprint density at radius 1 is 1.00 bits per heavy atom. The fourth-order valence-electron chi connectivity index (χ4n) is 3.31. The number of carbonyl (C=O) groups is 3. The van der Waals surface area contributed by atoms with E-state index in [2.05, 4.69) is 20.6 Å². The van der Waals surface area contributed by atoms with Gasteiger partial charge in [0, 0.05) is 42.0 Å². The first kappa shape index (κ1) is 26.5. The number of aromatic amines is 1. The largest absolute Gasteiger partial charge is 0.377 e. The molecule has 2 amide bonds. The number of fused-ring (bicyclic) bond motifs is 1. The Balaban J connectivity index is 1.29. The number of nitrogens with one attached hydrogen (secondary N) is 3. The Labute approximate surface area is 208 Å². The zero-order valence-corrected chi connectivity index (χ0v) is 21.1. The van der Waals surface area contributed by atoms with Crippen molar-refractivity contribution in [1.29, 1.82) is 0 Å². The SMILES string of the molecule is CC(C)(C)CC(=O)NCCOCCOCCNC(=O)c1csc(C(=O)c2c[nH]c3ccccc23)n1. The quantitative estimate of drug-likeness (QED) is 0.245. The van der Waals surface area contributed by atoms with Crippen molar-refractivity contribution in [2.75, 3.05) is 39.5 Å². The van der Waals surface area contributed by atoms with E-state index < -0.39 is 0 Å². The standard InChI is InChI=1S/C25H32N4O5S/c1-25(2,3)14-21(30)26-8-10-33-12-13-34-11-9-27-23(32)20-16-35-24(29-20)22(31)18-15-28-19-7-5-4-6-17(18)19/h4-7,15-16,28H,8-14H2,1-3H3,(H,26,30)(H,27,32). The Bertz CT molecular complexity index is 1150. The molecule has 188 valence electrons. The molecule has 2 heterocycles. The third kappa shape index (κ3) is 8.27. The van der Waals surface area contributed by atoms with Crippen LogP contribution in [0, 0.1) is 5.41 Å². The number of aromatic nitrogens is 2. The lowest BCUT2D eigenvalue weighted by molar-refractivity contribution is -0.123. The fourth-order valence-corrected chi connectivity index (χ4v) is 4.06. The number of rotatable bonds is 13. The summed E-state index contributed by atoms with van der Waals surface area (Å²) in [5, 5.41) is 8.22. The molecule has 0 unspecified atom stereocenters. The zero-order chi connectivity index (χ0) is 25.3. The number of benzene rings is 1. The molecule has 0 atom stereocenters. The summed E-state index contributed by atoms with van der Waals surface area (Å²) < 4.78 is 10.9. The summed E-state index contributed by atoms with van der Waals surface area (Å²) in [6.45, 7) is 8.34. The molecule has 0 aliphatic rings. The number of nitrogens with zero attached hydrogens (tertiary/aromatic N) is 1. The fraction of sp³-hybridized carbons (Fsp3) is 0.440. The van der Waals surface area contributed by atoms with Crippen LogP contribution in [0.3, 0.4) is 0 Å². The highest BCUT2D eigenvalue weighted by Gasteiger charge is 2.19. The molecular weight excluding hydrogens is 468 g/mol. The van der Waals surface area contributed by atoms with Gasteiger partial charge >= 0.3 is 0 Å². The summed E-state index contributed by atoms with van der Waals surface area (Å²) >= 11 is 1.14. The van der Waals surface area contributed by atoms with E-state index in [1.807, 2.05) is 45.0 Å². The maximum atomic E-state index is 12.8. The number of para-hydroxylation sites is 1. The molecule has 2 aromatic heterocycles. The lowest BCUT2D eigenvalue weighted by atomic mass is 9.92. The van der Waals surface area contributed by atoms with Crippen LogP contribution in [-0.4, -0.2) is 67.1 Å². The van der Waals surface area contributed by atoms with Crippen molar-refractivity contribution >= 4 is 39.8 Å². The molecule has 0 aliphatic carbocycles. The van der Waals surface area contributed by atoms with E-state index in [-0.39, 0.29) is 33.7 Å². The van der Waals surface area contributed by atoms with Crippen LogP contribution in [0.15, 0.2) is 35.8 Å². The van der Waals surface area contributed by atoms with Crippen molar-refractivity contribution < 1.29 is 23.9 Å². The molecule has 3 N–H and O–H groups in total. The summed E-state index contributed by atoms with van der Waals surface area (Å²) in [5.74, 6) is -0.559. The van der Waals surface area contributed by atoms with Crippen molar-refractivity contribution in [1.82, 2.24) is 20.6 Å². The molecule has 9 nitrogen and oxygen atoms in total. The van der Waals surface area contributed by atoms with Gasteiger partial charge in [-0.05, 0) is 11.5 Å². The molecular formula is C25H32N4O5S. The van der Waals surface area contributed by atoms with Gasteiger partial charge in [-0.2, -0.15) is 0 Å². The second-order valence-corrected chi connectivity index (χ2v) is 10.0. The lowest BCUT2D eigenvalue weighted by Crippen LogP contribution is -2.30. The van der Waals surface area contributed by atoms with Crippen LogP contribution in [0.1, 0.15) is 53.0 Å². The molecule has 1 aromatic carbocycles. The number of ketones is 1. The van der Waals surface area contributed by atoms with Crippen LogP contribution < -0.4 is 10.6 Å². The Hall–Kier alpha value is -3.08. The summed E-state index contributed by atoms with van der Waals surface area (Å²) in [7, 11) is 0. The van der Waals surface area contributed by atoms with Crippen molar-refractivity contribution in [2.24, 2.45) is 5.41 Å². The van der Waals surface area contributed by atoms with Gasteiger partial charge in [0.2, 0.25) is 11.7 Å². The number of carbonyl (C=O) groups excluding carboxylic acids is 3. The third-order valence-electron chi connectivity index (χ3n) is 4.93. The van der Waals surface area contributed by atoms with Crippen LogP contribution in [0.2, 0.25) is 0 Å². The Morgan fingerprint density at radius 3 is 2.40 bits per heavy atom. The molecule has 3 aromatic rings. The van der Waals surface area contributed by atoms with Gasteiger partial charge in [-0.1, -0.05) is 39.0 Å². The summed E-state index contributed by atoms with van der Waals surface area (Å²) in [6.07, 6.45) is 2.14. The molecule has 10 heteroatoms. The van der Waals surface area contributed by atoms with Crippen LogP contribution >= 0.6 is 11.3 Å². The van der Waals surface area contributed by atoms with Crippen LogP contribution in [0.25, 0.3) is 10.9 Å². The monoisotopic (exact) mass is 500 g/mol. The van der Waals surface area contributed by atoms with Crippen molar-refractivity contribution in [3.8, 4) is 0 Å². The first-order valence-corrected chi connectivity index (χ1v) is 12.4. The second kappa shape index (κ2) is 12.6. The molecule has 0 fully saturated rings. The third-order valence-corrected chi connectivity index (χ3v) is 5.77. The van der Waals surface area contributed by atoms with Crippen LogP contribution in [0.4, 0.5) is 0 Å². The molecule has 0 spiro atoms. The van der Waals surface area contributed by atoms with Gasteiger partial charge in [0.15, 0.2) is 5.01 Å². The maximum absolute atomic E-state index is 12.8. The minimum Gasteiger partial charge on any atom is -0.377 e. The van der Waals surface area contributed by atoms with Crippen molar-refractivity contribution in [3.63, 3.8) is 0 Å². The highest BCUT2D eigenvalue weighted by Crippen LogP contribution is 2.22. The van der Waals surface area contributed by atoms with Gasteiger partial charge < -0.3 is 25.1 Å². The lowest BCUT2D eigenvalue weighted by Gasteiger charge is -2.17. The van der Waals surface area contributed by atoms with Gasteiger partial charge in [0.1, 0.15) is 5.69 Å². The number of hydrogen-bond acceptors (Lipinski definition) is 7. The first-order valence-electron chi connectivity index (χ1n) is 11.5. The van der Waals surface area contributed by atoms with Gasteiger partial charge in [0.05, 0.1) is 32.0 Å². The number of thiazole rings is 1. The zero-order valence-electron chi connectivity index (χ0n) is 20.3. The van der Waals surface area contributed by atoms with E-state index in [0.717, 1.165) is 22.2 Å². The molecule has 0 saturated carbocycles. The minimum absolute atomic E-state index is 0.0163.